The molecule has 3 aromatic rings. The third kappa shape index (κ3) is 4.33. The second-order valence-electron chi connectivity index (χ2n) is 7.12. The van der Waals surface area contributed by atoms with Gasteiger partial charge in [-0.15, -0.1) is 0 Å². The highest BCUT2D eigenvalue weighted by molar-refractivity contribution is 8.01. The molecular formula is C24H22N2O3S. The van der Waals surface area contributed by atoms with E-state index in [1.165, 1.54) is 11.8 Å². The summed E-state index contributed by atoms with van der Waals surface area (Å²) in [5.41, 5.74) is 2.43. The smallest absolute Gasteiger partial charge is 0.323 e. The molecule has 5 nitrogen and oxygen atoms in total. The minimum atomic E-state index is -0.812. The number of nitrogens with one attached hydrogen (secondary N) is 2. The van der Waals surface area contributed by atoms with E-state index < -0.39 is 16.2 Å². The number of benzene rings is 3. The minimum absolute atomic E-state index is 0.347. The molecule has 0 aliphatic carbocycles. The van der Waals surface area contributed by atoms with Gasteiger partial charge in [0.15, 0.2) is 4.93 Å². The van der Waals surface area contributed by atoms with Crippen molar-refractivity contribution in [3.05, 3.63) is 102 Å². The van der Waals surface area contributed by atoms with Crippen LogP contribution in [0, 0.1) is 0 Å². The Morgan fingerprint density at radius 2 is 1.50 bits per heavy atom. The number of esters is 1. The number of hydrogen-bond acceptors (Lipinski definition) is 4. The highest BCUT2D eigenvalue weighted by Gasteiger charge is 2.49. The van der Waals surface area contributed by atoms with E-state index in [0.29, 0.717) is 5.69 Å². The second-order valence-corrected chi connectivity index (χ2v) is 8.65. The first-order valence-electron chi connectivity index (χ1n) is 9.69. The third-order valence-corrected chi connectivity index (χ3v) is 6.44. The van der Waals surface area contributed by atoms with Crippen molar-refractivity contribution in [3.8, 4) is 0 Å². The fourth-order valence-corrected chi connectivity index (χ4v) is 4.85. The summed E-state index contributed by atoms with van der Waals surface area (Å²) in [6.07, 6.45) is 0. The molecule has 30 heavy (non-hydrogen) atoms. The number of carbonyl (C=O) groups excluding carboxylic acids is 2. The Morgan fingerprint density at radius 3 is 2.13 bits per heavy atom. The van der Waals surface area contributed by atoms with Crippen LogP contribution < -0.4 is 10.6 Å². The Hall–Kier alpha value is -3.25. The first-order chi connectivity index (χ1) is 14.5. The van der Waals surface area contributed by atoms with E-state index in [1.807, 2.05) is 97.9 Å². The zero-order valence-electron chi connectivity index (χ0n) is 16.4. The summed E-state index contributed by atoms with van der Waals surface area (Å²) >= 11 is 1.41. The predicted octanol–water partition coefficient (Wildman–Crippen LogP) is 5.08. The first-order valence-corrected chi connectivity index (χ1v) is 10.6. The average Bonchev–Trinajstić information content (AvgIpc) is 3.09. The van der Waals surface area contributed by atoms with Gasteiger partial charge in [-0.2, -0.15) is 0 Å². The zero-order chi connectivity index (χ0) is 21.0. The maximum absolute atomic E-state index is 12.9. The Balaban J connectivity index is 1.59. The van der Waals surface area contributed by atoms with E-state index in [-0.39, 0.29) is 12.0 Å². The van der Waals surface area contributed by atoms with Crippen LogP contribution in [0.15, 0.2) is 91.0 Å². The van der Waals surface area contributed by atoms with Gasteiger partial charge < -0.3 is 15.4 Å². The maximum atomic E-state index is 12.9. The molecule has 4 rings (SSSR count). The van der Waals surface area contributed by atoms with Gasteiger partial charge in [0.2, 0.25) is 0 Å². The summed E-state index contributed by atoms with van der Waals surface area (Å²) in [4.78, 5) is 24.8. The van der Waals surface area contributed by atoms with Gasteiger partial charge in [-0.1, -0.05) is 90.6 Å². The normalized spacial score (nSPS) is 21.5. The Bertz CT molecular complexity index is 1010. The number of amides is 2. The fraction of sp³-hybridized carbons (Fsp3) is 0.167. The van der Waals surface area contributed by atoms with E-state index in [0.717, 1.165) is 11.1 Å². The van der Waals surface area contributed by atoms with E-state index >= 15 is 0 Å². The molecule has 1 heterocycles. The van der Waals surface area contributed by atoms with Gasteiger partial charge in [-0.25, -0.2) is 4.79 Å². The van der Waals surface area contributed by atoms with Crippen LogP contribution >= 0.6 is 11.8 Å². The number of ether oxygens (including phenoxy) is 1. The van der Waals surface area contributed by atoms with E-state index in [2.05, 4.69) is 10.6 Å². The summed E-state index contributed by atoms with van der Waals surface area (Å²) in [7, 11) is 0. The molecule has 1 saturated heterocycles. The van der Waals surface area contributed by atoms with Crippen molar-refractivity contribution < 1.29 is 14.3 Å². The van der Waals surface area contributed by atoms with E-state index in [4.69, 9.17) is 4.74 Å². The van der Waals surface area contributed by atoms with Gasteiger partial charge >= 0.3 is 12.0 Å². The molecule has 0 saturated carbocycles. The van der Waals surface area contributed by atoms with Crippen molar-refractivity contribution in [2.24, 2.45) is 0 Å². The summed E-state index contributed by atoms with van der Waals surface area (Å²) in [6, 6.07) is 27.4. The second kappa shape index (κ2) is 8.63. The maximum Gasteiger partial charge on any atom is 0.323 e. The van der Waals surface area contributed by atoms with Gasteiger partial charge in [0.25, 0.3) is 0 Å². The van der Waals surface area contributed by atoms with Crippen LogP contribution in [-0.4, -0.2) is 17.3 Å². The first kappa shape index (κ1) is 20.0. The molecule has 2 unspecified atom stereocenters. The molecule has 0 aromatic heterocycles. The monoisotopic (exact) mass is 418 g/mol. The molecule has 1 fully saturated rings. The van der Waals surface area contributed by atoms with Crippen LogP contribution in [-0.2, 0) is 14.5 Å². The molecule has 1 aliphatic rings. The largest absolute Gasteiger partial charge is 0.443 e. The summed E-state index contributed by atoms with van der Waals surface area (Å²) < 4.78 is 5.80. The Morgan fingerprint density at radius 1 is 0.933 bits per heavy atom. The predicted molar refractivity (Wildman–Crippen MR) is 119 cm³/mol. The quantitative estimate of drug-likeness (QED) is 0.567. The van der Waals surface area contributed by atoms with Gasteiger partial charge in [0.1, 0.15) is 5.25 Å². The minimum Gasteiger partial charge on any atom is -0.443 e. The average molecular weight is 419 g/mol. The molecule has 152 valence electrons. The molecule has 0 bridgehead atoms. The molecule has 2 amide bonds. The van der Waals surface area contributed by atoms with Crippen LogP contribution in [0.4, 0.5) is 10.5 Å². The topological polar surface area (TPSA) is 67.4 Å². The van der Waals surface area contributed by atoms with Crippen molar-refractivity contribution in [2.75, 3.05) is 5.32 Å². The lowest BCUT2D eigenvalue weighted by Gasteiger charge is -2.25. The SMILES string of the molecule is CC1(c2ccccc2)OC(=O)C([C@H](NC(=O)Nc2ccccc2)c2ccccc2)S1. The van der Waals surface area contributed by atoms with Crippen molar-refractivity contribution in [2.45, 2.75) is 23.1 Å². The molecule has 6 heteroatoms. The number of rotatable bonds is 5. The number of hydrogen-bond donors (Lipinski definition) is 2. The summed E-state index contributed by atoms with van der Waals surface area (Å²) in [5.74, 6) is -0.347. The van der Waals surface area contributed by atoms with Gasteiger partial charge in [-0.3, -0.25) is 4.79 Å². The zero-order valence-corrected chi connectivity index (χ0v) is 17.3. The van der Waals surface area contributed by atoms with Gasteiger partial charge in [-0.05, 0) is 24.6 Å². The lowest BCUT2D eigenvalue weighted by Crippen LogP contribution is -2.39. The number of thioether (sulfide) groups is 1. The van der Waals surface area contributed by atoms with Crippen LogP contribution in [0.1, 0.15) is 24.1 Å². The third-order valence-electron chi connectivity index (χ3n) is 4.96. The lowest BCUT2D eigenvalue weighted by atomic mass is 10.0. The molecular weight excluding hydrogens is 396 g/mol. The molecule has 2 N–H and O–H groups in total. The fourth-order valence-electron chi connectivity index (χ4n) is 3.46. The van der Waals surface area contributed by atoms with Gasteiger partial charge in [0.05, 0.1) is 6.04 Å². The number of carbonyl (C=O) groups is 2. The van der Waals surface area contributed by atoms with Crippen LogP contribution in [0.2, 0.25) is 0 Å². The number of anilines is 1. The number of urea groups is 1. The highest BCUT2D eigenvalue weighted by atomic mass is 32.2. The number of cyclic esters (lactones) is 1. The Kier molecular flexibility index (Phi) is 5.77. The molecule has 0 spiro atoms. The standard InChI is InChI=1S/C24H22N2O3S/c1-24(18-13-7-3-8-14-18)29-22(27)21(30-24)20(17-11-5-2-6-12-17)26-23(28)25-19-15-9-4-10-16-19/h2-16,20-21H,1H3,(H2,25,26,28)/t20-,21?,24?/m1/s1. The number of para-hydroxylation sites is 1. The van der Waals surface area contributed by atoms with Crippen LogP contribution in [0.5, 0.6) is 0 Å². The van der Waals surface area contributed by atoms with Gasteiger partial charge in [0, 0.05) is 11.3 Å². The van der Waals surface area contributed by atoms with Crippen molar-refractivity contribution >= 4 is 29.4 Å². The van der Waals surface area contributed by atoms with Crippen molar-refractivity contribution in [3.63, 3.8) is 0 Å². The van der Waals surface area contributed by atoms with Crippen LogP contribution in [0.3, 0.4) is 0 Å². The van der Waals surface area contributed by atoms with E-state index in [1.54, 1.807) is 0 Å². The molecule has 1 aliphatic heterocycles. The van der Waals surface area contributed by atoms with Crippen molar-refractivity contribution in [1.29, 1.82) is 0 Å². The molecule has 3 aromatic carbocycles. The Labute approximate surface area is 179 Å². The molecule has 0 radical (unpaired) electrons. The lowest BCUT2D eigenvalue weighted by molar-refractivity contribution is -0.147. The summed E-state index contributed by atoms with van der Waals surface area (Å²) in [6.45, 7) is 1.89. The summed E-state index contributed by atoms with van der Waals surface area (Å²) in [5, 5.41) is 5.21. The highest BCUT2D eigenvalue weighted by Crippen LogP contribution is 2.49. The van der Waals surface area contributed by atoms with E-state index in [9.17, 15) is 9.59 Å². The van der Waals surface area contributed by atoms with Crippen LogP contribution in [0.25, 0.3) is 0 Å². The van der Waals surface area contributed by atoms with Crippen molar-refractivity contribution in [1.82, 2.24) is 5.32 Å². The molecule has 3 atom stereocenters.